The predicted molar refractivity (Wildman–Crippen MR) is 158 cm³/mol. The second kappa shape index (κ2) is 11.1. The summed E-state index contributed by atoms with van der Waals surface area (Å²) in [5.74, 6) is -2.36. The fraction of sp³-hybridized carbons (Fsp3) is 0.0968. The van der Waals surface area contributed by atoms with Crippen molar-refractivity contribution < 1.29 is 18.0 Å². The molecule has 42 heavy (non-hydrogen) atoms. The van der Waals surface area contributed by atoms with Crippen LogP contribution in [0.4, 0.5) is 18.9 Å². The van der Waals surface area contributed by atoms with Gasteiger partial charge in [0.25, 0.3) is 0 Å². The molecule has 0 spiro atoms. The van der Waals surface area contributed by atoms with Gasteiger partial charge in [-0.25, -0.2) is 23.1 Å². The van der Waals surface area contributed by atoms with E-state index < -0.39 is 29.4 Å². The van der Waals surface area contributed by atoms with Gasteiger partial charge in [0.2, 0.25) is 5.91 Å². The molecule has 0 bridgehead atoms. The highest BCUT2D eigenvalue weighted by atomic mass is 32.1. The first-order valence-corrected chi connectivity index (χ1v) is 13.8. The third kappa shape index (κ3) is 5.46. The molecule has 0 saturated heterocycles. The van der Waals surface area contributed by atoms with Gasteiger partial charge in [-0.2, -0.15) is 0 Å². The Labute approximate surface area is 241 Å². The average molecular weight is 585 g/mol. The molecular formula is C31H23F3N6OS. The number of H-pyrrole nitrogens is 1. The molecule has 210 valence electrons. The van der Waals surface area contributed by atoms with Crippen molar-refractivity contribution in [2.45, 2.75) is 18.9 Å². The third-order valence-corrected chi connectivity index (χ3v) is 7.81. The van der Waals surface area contributed by atoms with Crippen molar-refractivity contribution in [2.24, 2.45) is 0 Å². The van der Waals surface area contributed by atoms with Gasteiger partial charge in [0.05, 0.1) is 39.6 Å². The van der Waals surface area contributed by atoms with Crippen LogP contribution in [-0.4, -0.2) is 27.1 Å². The Morgan fingerprint density at radius 2 is 1.86 bits per heavy atom. The van der Waals surface area contributed by atoms with E-state index in [2.05, 4.69) is 20.3 Å². The molecule has 3 aromatic carbocycles. The number of pyridine rings is 1. The molecule has 1 unspecified atom stereocenters. The normalized spacial score (nSPS) is 12.1. The first-order valence-electron chi connectivity index (χ1n) is 12.9. The predicted octanol–water partition coefficient (Wildman–Crippen LogP) is 6.48. The van der Waals surface area contributed by atoms with Crippen LogP contribution in [0.25, 0.3) is 32.2 Å². The van der Waals surface area contributed by atoms with Crippen LogP contribution in [0, 0.1) is 22.9 Å². The zero-order valence-corrected chi connectivity index (χ0v) is 22.7. The summed E-state index contributed by atoms with van der Waals surface area (Å²) in [4.78, 5) is 25.6. The topological polar surface area (TPSA) is 121 Å². The molecule has 7 nitrogen and oxygen atoms in total. The van der Waals surface area contributed by atoms with E-state index in [9.17, 15) is 18.0 Å². The number of thiazole rings is 1. The third-order valence-electron chi connectivity index (χ3n) is 7.00. The van der Waals surface area contributed by atoms with E-state index in [1.54, 1.807) is 23.8 Å². The molecule has 5 N–H and O–H groups in total. The molecule has 3 aromatic heterocycles. The van der Waals surface area contributed by atoms with E-state index in [0.29, 0.717) is 33.3 Å². The van der Waals surface area contributed by atoms with E-state index >= 15 is 0 Å². The van der Waals surface area contributed by atoms with Crippen LogP contribution in [0.1, 0.15) is 28.6 Å². The van der Waals surface area contributed by atoms with Gasteiger partial charge in [-0.1, -0.05) is 6.07 Å². The van der Waals surface area contributed by atoms with Crippen molar-refractivity contribution in [3.63, 3.8) is 0 Å². The maximum atomic E-state index is 14.2. The number of rotatable bonds is 8. The van der Waals surface area contributed by atoms with Crippen LogP contribution in [0.5, 0.6) is 0 Å². The highest BCUT2D eigenvalue weighted by Gasteiger charge is 2.24. The first-order chi connectivity index (χ1) is 20.3. The number of nitrogens with zero attached hydrogens (tertiary/aromatic N) is 2. The highest BCUT2D eigenvalue weighted by molar-refractivity contribution is 7.16. The smallest absolute Gasteiger partial charge is 0.225 e. The van der Waals surface area contributed by atoms with Crippen molar-refractivity contribution in [3.05, 3.63) is 112 Å². The maximum Gasteiger partial charge on any atom is 0.225 e. The Bertz CT molecular complexity index is 1960. The second-order valence-electron chi connectivity index (χ2n) is 9.86. The van der Waals surface area contributed by atoms with Crippen LogP contribution in [0.2, 0.25) is 0 Å². The van der Waals surface area contributed by atoms with Crippen molar-refractivity contribution in [1.29, 1.82) is 5.41 Å². The van der Waals surface area contributed by atoms with Gasteiger partial charge < -0.3 is 21.4 Å². The first kappa shape index (κ1) is 27.2. The summed E-state index contributed by atoms with van der Waals surface area (Å²) in [7, 11) is 0. The van der Waals surface area contributed by atoms with E-state index in [1.807, 2.05) is 18.2 Å². The fourth-order valence-electron chi connectivity index (χ4n) is 5.09. The number of benzene rings is 3. The Morgan fingerprint density at radius 1 is 1.05 bits per heavy atom. The number of hydrogen-bond acceptors (Lipinski definition) is 6. The lowest BCUT2D eigenvalue weighted by Crippen LogP contribution is -2.32. The van der Waals surface area contributed by atoms with E-state index in [0.717, 1.165) is 28.1 Å². The summed E-state index contributed by atoms with van der Waals surface area (Å²) in [6, 6.07) is 13.9. The minimum atomic E-state index is -0.874. The number of carbonyl (C=O) groups is 1. The number of nitrogen functional groups attached to an aromatic ring is 1. The number of hydrogen-bond donors (Lipinski definition) is 4. The summed E-state index contributed by atoms with van der Waals surface area (Å²) in [5.41, 5.74) is 12.4. The highest BCUT2D eigenvalue weighted by Crippen LogP contribution is 2.34. The number of amides is 1. The molecule has 0 aliphatic carbocycles. The Kier molecular flexibility index (Phi) is 7.17. The lowest BCUT2D eigenvalue weighted by atomic mass is 9.94. The van der Waals surface area contributed by atoms with Gasteiger partial charge in [-0.15, -0.1) is 11.3 Å². The minimum absolute atomic E-state index is 0.0107. The molecule has 0 radical (unpaired) electrons. The van der Waals surface area contributed by atoms with Gasteiger partial charge in [0.15, 0.2) is 0 Å². The molecule has 1 amide bonds. The van der Waals surface area contributed by atoms with Crippen molar-refractivity contribution in [1.82, 2.24) is 20.3 Å². The van der Waals surface area contributed by atoms with E-state index in [-0.39, 0.29) is 24.2 Å². The molecule has 0 aliphatic rings. The van der Waals surface area contributed by atoms with Gasteiger partial charge in [0.1, 0.15) is 23.1 Å². The summed E-state index contributed by atoms with van der Waals surface area (Å²) in [6.45, 7) is 0. The Balaban J connectivity index is 1.43. The summed E-state index contributed by atoms with van der Waals surface area (Å²) < 4.78 is 43.3. The molecule has 11 heteroatoms. The quantitative estimate of drug-likeness (QED) is 0.153. The molecule has 0 aliphatic heterocycles. The monoisotopic (exact) mass is 584 g/mol. The van der Waals surface area contributed by atoms with Crippen LogP contribution < -0.4 is 11.1 Å². The summed E-state index contributed by atoms with van der Waals surface area (Å²) in [5, 5.41) is 11.4. The van der Waals surface area contributed by atoms with Crippen LogP contribution in [0.3, 0.4) is 0 Å². The molecule has 3 heterocycles. The minimum Gasteiger partial charge on any atom is -0.397 e. The van der Waals surface area contributed by atoms with Gasteiger partial charge >= 0.3 is 0 Å². The number of fused-ring (bicyclic) bond motifs is 2. The van der Waals surface area contributed by atoms with Crippen LogP contribution >= 0.6 is 11.3 Å². The number of aromatic nitrogens is 3. The van der Waals surface area contributed by atoms with Crippen LogP contribution in [0.15, 0.2) is 72.4 Å². The second-order valence-corrected chi connectivity index (χ2v) is 10.7. The van der Waals surface area contributed by atoms with Crippen LogP contribution in [-0.2, 0) is 17.6 Å². The van der Waals surface area contributed by atoms with Gasteiger partial charge in [-0.3, -0.25) is 4.79 Å². The van der Waals surface area contributed by atoms with Gasteiger partial charge in [-0.05, 0) is 71.6 Å². The summed E-state index contributed by atoms with van der Waals surface area (Å²) >= 11 is 1.49. The Hall–Kier alpha value is -5.03. The molecule has 0 fully saturated rings. The molecular weight excluding hydrogens is 561 g/mol. The Morgan fingerprint density at radius 3 is 2.64 bits per heavy atom. The molecule has 6 aromatic rings. The zero-order valence-electron chi connectivity index (χ0n) is 21.9. The van der Waals surface area contributed by atoms with E-state index in [1.165, 1.54) is 35.6 Å². The SMILES string of the molecule is N=Cc1nc(C(Cc2cc(F)cc(F)c2)NC(=O)Cc2c[nH]c3ccc(F)cc23)c(-c2ccc3scnc3c2)cc1N. The maximum absolute atomic E-state index is 14.2. The number of halogens is 3. The molecule has 1 atom stereocenters. The number of nitrogens with one attached hydrogen (secondary N) is 3. The lowest BCUT2D eigenvalue weighted by Gasteiger charge is -2.23. The number of anilines is 1. The van der Waals surface area contributed by atoms with Crippen molar-refractivity contribution >= 4 is 50.3 Å². The fourth-order valence-corrected chi connectivity index (χ4v) is 5.75. The number of aromatic amines is 1. The summed E-state index contributed by atoms with van der Waals surface area (Å²) in [6.07, 6.45) is 2.55. The van der Waals surface area contributed by atoms with Crippen molar-refractivity contribution in [3.8, 4) is 11.1 Å². The zero-order chi connectivity index (χ0) is 29.4. The largest absolute Gasteiger partial charge is 0.397 e. The molecule has 0 saturated carbocycles. The number of nitrogens with two attached hydrogens (primary N) is 1. The lowest BCUT2D eigenvalue weighted by molar-refractivity contribution is -0.121. The molecule has 6 rings (SSSR count). The van der Waals surface area contributed by atoms with Gasteiger partial charge in [0, 0.05) is 34.9 Å². The average Bonchev–Trinajstić information content (AvgIpc) is 3.58. The van der Waals surface area contributed by atoms with Crippen molar-refractivity contribution in [2.75, 3.05) is 5.73 Å². The standard InChI is InChI=1S/C31H23F3N6OS/c32-19-2-3-25-22(11-19)18(14-37-25)9-30(41)39-27(7-16-5-20(33)10-21(34)6-16)31-23(12-24(36)28(13-35)40-31)17-1-4-29-26(8-17)38-15-42-29/h1-6,8,10-15,27,35,37H,7,9,36H2,(H,39,41). The number of carbonyl (C=O) groups excluding carboxylic acids is 1. The van der Waals surface area contributed by atoms with E-state index in [4.69, 9.17) is 11.1 Å².